The van der Waals surface area contributed by atoms with E-state index in [-0.39, 0.29) is 16.6 Å². The van der Waals surface area contributed by atoms with Crippen LogP contribution in [0.2, 0.25) is 0 Å². The van der Waals surface area contributed by atoms with Crippen LogP contribution < -0.4 is 5.32 Å². The average Bonchev–Trinajstić information content (AvgIpc) is 2.95. The lowest BCUT2D eigenvalue weighted by atomic mass is 9.62. The predicted molar refractivity (Wildman–Crippen MR) is 121 cm³/mol. The molecule has 1 atom stereocenters. The summed E-state index contributed by atoms with van der Waals surface area (Å²) < 4.78 is 0. The van der Waals surface area contributed by atoms with Gasteiger partial charge in [-0.2, -0.15) is 0 Å². The molecule has 4 nitrogen and oxygen atoms in total. The summed E-state index contributed by atoms with van der Waals surface area (Å²) in [5.74, 6) is -0.351. The molecule has 1 amide bonds. The van der Waals surface area contributed by atoms with Crippen molar-refractivity contribution in [1.29, 1.82) is 0 Å². The van der Waals surface area contributed by atoms with Gasteiger partial charge < -0.3 is 10.4 Å². The number of thioether (sulfide) groups is 1. The van der Waals surface area contributed by atoms with Gasteiger partial charge in [-0.3, -0.25) is 9.59 Å². The molecule has 2 aromatic rings. The number of fused-ring (bicyclic) bond motifs is 1. The molecule has 0 bridgehead atoms. The van der Waals surface area contributed by atoms with Gasteiger partial charge in [0.05, 0.1) is 0 Å². The summed E-state index contributed by atoms with van der Waals surface area (Å²) in [5.41, 5.74) is 5.82. The molecule has 2 aliphatic rings. The summed E-state index contributed by atoms with van der Waals surface area (Å²) in [5, 5.41) is 12.2. The number of aromatic hydroxyl groups is 1. The number of aryl methyl sites for hydroxylation is 1. The van der Waals surface area contributed by atoms with Crippen molar-refractivity contribution in [2.24, 2.45) is 0 Å². The number of phenols is 1. The monoisotopic (exact) mass is 423 g/mol. The number of carbonyl (C=O) groups excluding carboxylic acids is 2. The average molecular weight is 424 g/mol. The topological polar surface area (TPSA) is 66.4 Å². The fraction of sp³-hybridized carbons (Fsp3) is 0.440. The van der Waals surface area contributed by atoms with Gasteiger partial charge in [0, 0.05) is 6.42 Å². The van der Waals surface area contributed by atoms with Gasteiger partial charge >= 0.3 is 0 Å². The Hall–Kier alpha value is -2.27. The second-order valence-electron chi connectivity index (χ2n) is 9.99. The molecule has 0 spiro atoms. The number of amides is 1. The molecule has 4 rings (SSSR count). The fourth-order valence-corrected chi connectivity index (χ4v) is 5.99. The smallest absolute Gasteiger partial charge is 0.300 e. The van der Waals surface area contributed by atoms with E-state index < -0.39 is 15.9 Å². The summed E-state index contributed by atoms with van der Waals surface area (Å²) in [6.45, 7) is 11.2. The van der Waals surface area contributed by atoms with Gasteiger partial charge in [0.15, 0.2) is 0 Å². The molecule has 1 saturated heterocycles. The number of carbonyl (C=O) groups is 2. The first-order valence-corrected chi connectivity index (χ1v) is 11.2. The van der Waals surface area contributed by atoms with Crippen LogP contribution in [0.5, 0.6) is 5.75 Å². The lowest BCUT2D eigenvalue weighted by molar-refractivity contribution is -0.132. The first-order chi connectivity index (χ1) is 13.9. The maximum Gasteiger partial charge on any atom is 0.300 e. The van der Waals surface area contributed by atoms with E-state index in [9.17, 15) is 14.7 Å². The number of hydrogen-bond acceptors (Lipinski definition) is 4. The van der Waals surface area contributed by atoms with E-state index >= 15 is 0 Å². The van der Waals surface area contributed by atoms with Crippen LogP contribution in [-0.2, 0) is 31.7 Å². The van der Waals surface area contributed by atoms with Crippen molar-refractivity contribution < 1.29 is 14.7 Å². The van der Waals surface area contributed by atoms with Gasteiger partial charge in [0.2, 0.25) is 0 Å². The van der Waals surface area contributed by atoms with Crippen molar-refractivity contribution in [1.82, 2.24) is 5.32 Å². The van der Waals surface area contributed by atoms with Crippen molar-refractivity contribution in [3.8, 4) is 5.75 Å². The molecule has 2 N–H and O–H groups in total. The summed E-state index contributed by atoms with van der Waals surface area (Å²) >= 11 is 1.08. The Morgan fingerprint density at radius 1 is 0.933 bits per heavy atom. The normalized spacial score (nSPS) is 24.4. The summed E-state index contributed by atoms with van der Waals surface area (Å²) in [6, 6.07) is 11.5. The number of hydrogen-bond donors (Lipinski definition) is 2. The zero-order valence-corrected chi connectivity index (χ0v) is 19.1. The first-order valence-electron chi connectivity index (χ1n) is 10.4. The van der Waals surface area contributed by atoms with Gasteiger partial charge in [-0.15, -0.1) is 0 Å². The minimum Gasteiger partial charge on any atom is -0.508 e. The van der Waals surface area contributed by atoms with Crippen LogP contribution in [0.3, 0.4) is 0 Å². The highest BCUT2D eigenvalue weighted by molar-refractivity contribution is 8.16. The summed E-state index contributed by atoms with van der Waals surface area (Å²) in [6.07, 6.45) is 2.70. The van der Waals surface area contributed by atoms with E-state index in [1.165, 1.54) is 11.1 Å². The number of nitrogens with one attached hydrogen (secondary N) is 1. The first kappa shape index (κ1) is 21.0. The van der Waals surface area contributed by atoms with Crippen molar-refractivity contribution >= 4 is 22.8 Å². The van der Waals surface area contributed by atoms with Crippen molar-refractivity contribution in [2.45, 2.75) is 69.6 Å². The second kappa shape index (κ2) is 6.88. The van der Waals surface area contributed by atoms with E-state index in [2.05, 4.69) is 52.1 Å². The summed E-state index contributed by atoms with van der Waals surface area (Å²) in [7, 11) is 0. The number of benzene rings is 2. The third-order valence-electron chi connectivity index (χ3n) is 6.79. The van der Waals surface area contributed by atoms with Crippen molar-refractivity contribution in [2.75, 3.05) is 0 Å². The van der Waals surface area contributed by atoms with Crippen LogP contribution in [-0.4, -0.2) is 16.1 Å². The lowest BCUT2D eigenvalue weighted by Crippen LogP contribution is -2.41. The molecule has 158 valence electrons. The third kappa shape index (κ3) is 3.43. The van der Waals surface area contributed by atoms with Gasteiger partial charge in [0.1, 0.15) is 10.6 Å². The number of rotatable bonds is 3. The number of phenolic OH excluding ortho intramolecular Hbond substituents is 1. The Kier molecular flexibility index (Phi) is 4.81. The molecule has 1 unspecified atom stereocenters. The van der Waals surface area contributed by atoms with E-state index in [4.69, 9.17) is 0 Å². The highest BCUT2D eigenvalue weighted by Gasteiger charge is 2.48. The van der Waals surface area contributed by atoms with Crippen LogP contribution in [0.1, 0.15) is 68.4 Å². The Morgan fingerprint density at radius 3 is 2.03 bits per heavy atom. The van der Waals surface area contributed by atoms with Crippen LogP contribution >= 0.6 is 11.8 Å². The summed E-state index contributed by atoms with van der Waals surface area (Å²) in [4.78, 5) is 23.8. The van der Waals surface area contributed by atoms with E-state index in [0.29, 0.717) is 6.42 Å². The molecule has 0 aromatic heterocycles. The molecular formula is C25H29NO3S. The molecule has 5 heteroatoms. The van der Waals surface area contributed by atoms with Gasteiger partial charge in [0.25, 0.3) is 11.0 Å². The second-order valence-corrected chi connectivity index (χ2v) is 11.3. The molecule has 0 radical (unpaired) electrons. The highest BCUT2D eigenvalue weighted by Crippen LogP contribution is 2.50. The lowest BCUT2D eigenvalue weighted by Gasteiger charge is -2.43. The van der Waals surface area contributed by atoms with E-state index in [1.807, 2.05) is 12.1 Å². The molecule has 2 aromatic carbocycles. The minimum absolute atomic E-state index is 0.0321. The van der Waals surface area contributed by atoms with Gasteiger partial charge in [-0.05, 0) is 82.3 Å². The Balaban J connectivity index is 1.89. The standard InChI is InChI=1S/C25H29NO3S/c1-15-12-19-20(24(4,5)11-10-23(19,2)3)13-18(15)25(26-21(28)22(29)30-25)14-16-6-8-17(27)9-7-16/h6-9,12-13,27H,10-11,14H2,1-5H3,(H,26,28). The minimum atomic E-state index is -0.845. The zero-order chi connectivity index (χ0) is 21.9. The fourth-order valence-electron chi connectivity index (χ4n) is 4.82. The quantitative estimate of drug-likeness (QED) is 0.694. The maximum atomic E-state index is 12.3. The third-order valence-corrected chi connectivity index (χ3v) is 7.98. The van der Waals surface area contributed by atoms with Crippen molar-refractivity contribution in [3.05, 3.63) is 64.2 Å². The predicted octanol–water partition coefficient (Wildman–Crippen LogP) is 4.83. The molecule has 30 heavy (non-hydrogen) atoms. The Morgan fingerprint density at radius 2 is 1.50 bits per heavy atom. The van der Waals surface area contributed by atoms with Crippen LogP contribution in [0.25, 0.3) is 0 Å². The zero-order valence-electron chi connectivity index (χ0n) is 18.3. The Labute approximate surface area is 182 Å². The Bertz CT molecular complexity index is 1020. The maximum absolute atomic E-state index is 12.3. The highest BCUT2D eigenvalue weighted by atomic mass is 32.2. The molecule has 0 saturated carbocycles. The van der Waals surface area contributed by atoms with Crippen LogP contribution in [0, 0.1) is 6.92 Å². The van der Waals surface area contributed by atoms with Crippen molar-refractivity contribution in [3.63, 3.8) is 0 Å². The molecule has 1 aliphatic carbocycles. The van der Waals surface area contributed by atoms with E-state index in [1.54, 1.807) is 12.1 Å². The van der Waals surface area contributed by atoms with Gasteiger partial charge in [-0.1, -0.05) is 52.0 Å². The molecular weight excluding hydrogens is 394 g/mol. The van der Waals surface area contributed by atoms with Gasteiger partial charge in [-0.25, -0.2) is 0 Å². The molecule has 1 aliphatic heterocycles. The molecule has 1 heterocycles. The largest absolute Gasteiger partial charge is 0.508 e. The SMILES string of the molecule is Cc1cc2c(cc1C1(Cc3ccc(O)cc3)NC(=O)C(=O)S1)C(C)(C)CCC2(C)C. The van der Waals surface area contributed by atoms with Crippen LogP contribution in [0.15, 0.2) is 36.4 Å². The van der Waals surface area contributed by atoms with Crippen LogP contribution in [0.4, 0.5) is 0 Å². The van der Waals surface area contributed by atoms with E-state index in [0.717, 1.165) is 41.3 Å². The molecule has 1 fully saturated rings.